The molecule has 0 aliphatic carbocycles. The Morgan fingerprint density at radius 1 is 1.09 bits per heavy atom. The molecule has 10 heteroatoms. The molecule has 1 atom stereocenters. The second kappa shape index (κ2) is 9.94. The van der Waals surface area contributed by atoms with Gasteiger partial charge >= 0.3 is 5.69 Å². The van der Waals surface area contributed by atoms with Crippen LogP contribution in [0.3, 0.4) is 0 Å². The molecule has 1 fully saturated rings. The molecule has 1 aliphatic rings. The summed E-state index contributed by atoms with van der Waals surface area (Å²) in [5.74, 6) is 1.04. The predicted molar refractivity (Wildman–Crippen MR) is 145 cm³/mol. The van der Waals surface area contributed by atoms with Gasteiger partial charge in [-0.05, 0) is 58.7 Å². The Balaban J connectivity index is 1.62. The van der Waals surface area contributed by atoms with Crippen LogP contribution in [0.15, 0.2) is 58.3 Å². The molecule has 9 nitrogen and oxygen atoms in total. The number of fused-ring (bicyclic) bond motifs is 1. The third kappa shape index (κ3) is 4.64. The van der Waals surface area contributed by atoms with Crippen LogP contribution in [-0.2, 0) is 27.1 Å². The van der Waals surface area contributed by atoms with Gasteiger partial charge in [0, 0.05) is 55.7 Å². The summed E-state index contributed by atoms with van der Waals surface area (Å²) in [5.41, 5.74) is 2.32. The van der Waals surface area contributed by atoms with Crippen LogP contribution in [0.5, 0.6) is 0 Å². The highest BCUT2D eigenvalue weighted by Crippen LogP contribution is 2.25. The first kappa shape index (κ1) is 23.7. The Kier molecular flexibility index (Phi) is 6.74. The standard InChI is InChI=1S/C25H28IN7O2/c1-30-22-21(23(34)31(2)25(30)35)33(16-18-7-3-4-9-20(18)26)24(29-22)32-12-11-27-14-17(15-32)13-19-8-5-6-10-28-19/h3-10,17,27H,11-16H2,1-2H3. The van der Waals surface area contributed by atoms with E-state index in [2.05, 4.69) is 56.0 Å². The van der Waals surface area contributed by atoms with E-state index in [1.54, 1.807) is 7.05 Å². The van der Waals surface area contributed by atoms with Gasteiger partial charge in [0.1, 0.15) is 0 Å². The van der Waals surface area contributed by atoms with E-state index in [1.807, 2.05) is 35.0 Å². The van der Waals surface area contributed by atoms with Crippen molar-refractivity contribution >= 4 is 39.7 Å². The molecule has 0 saturated carbocycles. The second-order valence-electron chi connectivity index (χ2n) is 9.01. The van der Waals surface area contributed by atoms with Gasteiger partial charge in [0.05, 0.1) is 6.54 Å². The van der Waals surface area contributed by atoms with Crippen LogP contribution in [0.4, 0.5) is 5.95 Å². The van der Waals surface area contributed by atoms with Crippen molar-refractivity contribution in [1.29, 1.82) is 0 Å². The fourth-order valence-electron chi connectivity index (χ4n) is 4.74. The fraction of sp³-hybridized carbons (Fsp3) is 0.360. The van der Waals surface area contributed by atoms with Gasteiger partial charge in [0.2, 0.25) is 5.95 Å². The van der Waals surface area contributed by atoms with Crippen molar-refractivity contribution in [1.82, 2.24) is 29.0 Å². The topological polar surface area (TPSA) is 90.0 Å². The fourth-order valence-corrected chi connectivity index (χ4v) is 5.30. The number of pyridine rings is 1. The number of imidazole rings is 1. The van der Waals surface area contributed by atoms with E-state index in [0.29, 0.717) is 29.6 Å². The van der Waals surface area contributed by atoms with E-state index in [9.17, 15) is 9.59 Å². The molecule has 1 N–H and O–H groups in total. The molecule has 0 bridgehead atoms. The van der Waals surface area contributed by atoms with Crippen LogP contribution < -0.4 is 21.5 Å². The van der Waals surface area contributed by atoms with Crippen LogP contribution in [0.2, 0.25) is 0 Å². The van der Waals surface area contributed by atoms with E-state index < -0.39 is 0 Å². The highest BCUT2D eigenvalue weighted by molar-refractivity contribution is 14.1. The molecule has 1 aliphatic heterocycles. The third-order valence-corrected chi connectivity index (χ3v) is 7.64. The first-order chi connectivity index (χ1) is 16.9. The van der Waals surface area contributed by atoms with Gasteiger partial charge in [-0.2, -0.15) is 4.98 Å². The number of anilines is 1. The van der Waals surface area contributed by atoms with Crippen LogP contribution >= 0.6 is 22.6 Å². The van der Waals surface area contributed by atoms with E-state index in [0.717, 1.165) is 52.0 Å². The van der Waals surface area contributed by atoms with Gasteiger partial charge in [-0.15, -0.1) is 0 Å². The molecule has 0 amide bonds. The summed E-state index contributed by atoms with van der Waals surface area (Å²) in [6.07, 6.45) is 2.68. The van der Waals surface area contributed by atoms with Crippen molar-refractivity contribution in [2.75, 3.05) is 31.1 Å². The van der Waals surface area contributed by atoms with Crippen LogP contribution in [-0.4, -0.2) is 49.8 Å². The minimum Gasteiger partial charge on any atom is -0.341 e. The molecule has 4 heterocycles. The molecule has 0 spiro atoms. The minimum absolute atomic E-state index is 0.323. The summed E-state index contributed by atoms with van der Waals surface area (Å²) < 4.78 is 5.73. The molecule has 182 valence electrons. The van der Waals surface area contributed by atoms with Crippen molar-refractivity contribution in [2.24, 2.45) is 20.0 Å². The average molecular weight is 585 g/mol. The summed E-state index contributed by atoms with van der Waals surface area (Å²) in [6.45, 7) is 3.70. The number of aromatic nitrogens is 5. The van der Waals surface area contributed by atoms with E-state index in [1.165, 1.54) is 11.6 Å². The summed E-state index contributed by atoms with van der Waals surface area (Å²) in [5, 5.41) is 3.54. The zero-order chi connectivity index (χ0) is 24.5. The van der Waals surface area contributed by atoms with Crippen LogP contribution in [0.25, 0.3) is 11.2 Å². The number of nitrogens with one attached hydrogen (secondary N) is 1. The van der Waals surface area contributed by atoms with Crippen molar-refractivity contribution in [3.05, 3.63) is 84.3 Å². The monoisotopic (exact) mass is 585 g/mol. The van der Waals surface area contributed by atoms with Crippen molar-refractivity contribution in [3.8, 4) is 0 Å². The van der Waals surface area contributed by atoms with Gasteiger partial charge < -0.3 is 10.2 Å². The van der Waals surface area contributed by atoms with Gasteiger partial charge in [-0.3, -0.25) is 23.5 Å². The summed E-state index contributed by atoms with van der Waals surface area (Å²) in [4.78, 5) is 37.6. The lowest BCUT2D eigenvalue weighted by Crippen LogP contribution is -2.37. The molecule has 0 radical (unpaired) electrons. The number of hydrogen-bond donors (Lipinski definition) is 1. The van der Waals surface area contributed by atoms with E-state index in [-0.39, 0.29) is 11.2 Å². The Bertz CT molecular complexity index is 1480. The van der Waals surface area contributed by atoms with Gasteiger partial charge in [0.25, 0.3) is 5.56 Å². The average Bonchev–Trinajstić information content (AvgIpc) is 3.08. The van der Waals surface area contributed by atoms with Crippen molar-refractivity contribution in [2.45, 2.75) is 13.0 Å². The zero-order valence-corrected chi connectivity index (χ0v) is 22.0. The number of rotatable bonds is 5. The first-order valence-electron chi connectivity index (χ1n) is 11.7. The lowest BCUT2D eigenvalue weighted by atomic mass is 10.0. The lowest BCUT2D eigenvalue weighted by Gasteiger charge is -2.26. The molecule has 1 unspecified atom stereocenters. The summed E-state index contributed by atoms with van der Waals surface area (Å²) in [6, 6.07) is 14.1. The van der Waals surface area contributed by atoms with Gasteiger partial charge in [-0.1, -0.05) is 24.3 Å². The molecule has 35 heavy (non-hydrogen) atoms. The molecular weight excluding hydrogens is 557 g/mol. The maximum atomic E-state index is 13.3. The van der Waals surface area contributed by atoms with Gasteiger partial charge in [-0.25, -0.2) is 4.79 Å². The number of aryl methyl sites for hydroxylation is 1. The first-order valence-corrected chi connectivity index (χ1v) is 12.8. The zero-order valence-electron chi connectivity index (χ0n) is 19.8. The van der Waals surface area contributed by atoms with Crippen molar-refractivity contribution < 1.29 is 0 Å². The maximum Gasteiger partial charge on any atom is 0.332 e. The van der Waals surface area contributed by atoms with Crippen LogP contribution in [0.1, 0.15) is 11.3 Å². The van der Waals surface area contributed by atoms with E-state index in [4.69, 9.17) is 4.98 Å². The Hall–Kier alpha value is -2.99. The number of halogens is 1. The highest BCUT2D eigenvalue weighted by Gasteiger charge is 2.26. The smallest absolute Gasteiger partial charge is 0.332 e. The molecule has 1 aromatic carbocycles. The largest absolute Gasteiger partial charge is 0.341 e. The lowest BCUT2D eigenvalue weighted by molar-refractivity contribution is 0.505. The van der Waals surface area contributed by atoms with Crippen molar-refractivity contribution in [3.63, 3.8) is 0 Å². The molecule has 4 aromatic rings. The quantitative estimate of drug-likeness (QED) is 0.359. The third-order valence-electron chi connectivity index (χ3n) is 6.59. The van der Waals surface area contributed by atoms with Gasteiger partial charge in [0.15, 0.2) is 11.2 Å². The summed E-state index contributed by atoms with van der Waals surface area (Å²) in [7, 11) is 3.19. The highest BCUT2D eigenvalue weighted by atomic mass is 127. The molecule has 5 rings (SSSR count). The number of nitrogens with zero attached hydrogens (tertiary/aromatic N) is 6. The Morgan fingerprint density at radius 3 is 2.66 bits per heavy atom. The Labute approximate surface area is 216 Å². The summed E-state index contributed by atoms with van der Waals surface area (Å²) >= 11 is 2.32. The molecule has 1 saturated heterocycles. The Morgan fingerprint density at radius 2 is 1.89 bits per heavy atom. The molecular formula is C25H28IN7O2. The maximum absolute atomic E-state index is 13.3. The number of benzene rings is 1. The normalized spacial score (nSPS) is 16.5. The number of hydrogen-bond acceptors (Lipinski definition) is 6. The predicted octanol–water partition coefficient (Wildman–Crippen LogP) is 1.75. The minimum atomic E-state index is -0.376. The van der Waals surface area contributed by atoms with Crippen LogP contribution in [0, 0.1) is 9.49 Å². The molecule has 3 aromatic heterocycles. The SMILES string of the molecule is Cn1c(=O)c2c(nc(N3CCNCC(Cc4ccccn4)C3)n2Cc2ccccc2I)n(C)c1=O. The van der Waals surface area contributed by atoms with E-state index >= 15 is 0 Å². The second-order valence-corrected chi connectivity index (χ2v) is 10.2.